The third-order valence-corrected chi connectivity index (χ3v) is 3.92. The van der Waals surface area contributed by atoms with Crippen molar-refractivity contribution < 1.29 is 0 Å². The van der Waals surface area contributed by atoms with Gasteiger partial charge in [0.25, 0.3) is 11.3 Å². The molecule has 0 aliphatic carbocycles. The fourth-order valence-corrected chi connectivity index (χ4v) is 3.12. The molecule has 3 rings (SSSR count). The summed E-state index contributed by atoms with van der Waals surface area (Å²) in [6.45, 7) is 3.95. The van der Waals surface area contributed by atoms with Gasteiger partial charge in [0.1, 0.15) is 0 Å². The van der Waals surface area contributed by atoms with Crippen LogP contribution in [0.15, 0.2) is 23.0 Å². The summed E-state index contributed by atoms with van der Waals surface area (Å²) in [7, 11) is 0. The second-order valence-electron chi connectivity index (χ2n) is 5.63. The largest absolute Gasteiger partial charge is 0.368 e. The van der Waals surface area contributed by atoms with E-state index >= 15 is 0 Å². The van der Waals surface area contributed by atoms with E-state index in [-0.39, 0.29) is 23.2 Å². The summed E-state index contributed by atoms with van der Waals surface area (Å²) in [5.74, 6) is 0.478. The molecule has 0 saturated carbocycles. The van der Waals surface area contributed by atoms with Crippen molar-refractivity contribution in [1.29, 1.82) is 0 Å². The molecule has 3 N–H and O–H groups in total. The predicted octanol–water partition coefficient (Wildman–Crippen LogP) is 3.02. The first-order valence-corrected chi connectivity index (χ1v) is 7.82. The first-order chi connectivity index (χ1) is 10.8. The number of nitrogens with two attached hydrogens (primary N) is 1. The standard InChI is InChI=1S/C15H15Cl2N5O/c1-7(2)12-11(5-8-3-9(16)6-10(17)4-8)13(23)22-15(19-12)20-14(18)21-22/h3-4,6-7H,5H2,1-2H3,(H3,18,19,20,21). The number of benzene rings is 1. The summed E-state index contributed by atoms with van der Waals surface area (Å²) in [5, 5.41) is 3.75. The van der Waals surface area contributed by atoms with Crippen LogP contribution in [-0.2, 0) is 6.42 Å². The number of halogens is 2. The molecule has 0 bridgehead atoms. The van der Waals surface area contributed by atoms with Crippen LogP contribution < -0.4 is 11.3 Å². The zero-order valence-corrected chi connectivity index (χ0v) is 14.1. The van der Waals surface area contributed by atoms with Gasteiger partial charge >= 0.3 is 0 Å². The maximum atomic E-state index is 12.8. The minimum absolute atomic E-state index is 0.0651. The highest BCUT2D eigenvalue weighted by atomic mass is 35.5. The van der Waals surface area contributed by atoms with Gasteiger partial charge < -0.3 is 5.73 Å². The molecule has 0 aliphatic heterocycles. The molecule has 2 heterocycles. The summed E-state index contributed by atoms with van der Waals surface area (Å²) in [6, 6.07) is 5.22. The van der Waals surface area contributed by atoms with Gasteiger partial charge in [0, 0.05) is 22.0 Å². The van der Waals surface area contributed by atoms with E-state index in [0.717, 1.165) is 5.56 Å². The fraction of sp³-hybridized carbons (Fsp3) is 0.267. The number of H-pyrrole nitrogens is 1. The van der Waals surface area contributed by atoms with Gasteiger partial charge in [-0.25, -0.2) is 4.98 Å². The number of aromatic nitrogens is 4. The van der Waals surface area contributed by atoms with Gasteiger partial charge in [-0.1, -0.05) is 37.0 Å². The first kappa shape index (κ1) is 15.8. The Morgan fingerprint density at radius 2 is 1.87 bits per heavy atom. The van der Waals surface area contributed by atoms with Crippen molar-refractivity contribution in [2.75, 3.05) is 5.73 Å². The Kier molecular flexibility index (Phi) is 4.04. The normalized spacial score (nSPS) is 11.5. The highest BCUT2D eigenvalue weighted by Crippen LogP contribution is 2.23. The summed E-state index contributed by atoms with van der Waals surface area (Å²) >= 11 is 12.1. The molecule has 120 valence electrons. The van der Waals surface area contributed by atoms with Gasteiger partial charge in [-0.15, -0.1) is 0 Å². The lowest BCUT2D eigenvalue weighted by molar-refractivity contribution is 0.769. The number of anilines is 1. The molecule has 23 heavy (non-hydrogen) atoms. The molecule has 1 aromatic carbocycles. The molecule has 2 aromatic heterocycles. The molecule has 0 atom stereocenters. The van der Waals surface area contributed by atoms with Crippen molar-refractivity contribution in [3.05, 3.63) is 55.4 Å². The zero-order valence-electron chi connectivity index (χ0n) is 12.6. The van der Waals surface area contributed by atoms with E-state index in [1.54, 1.807) is 18.2 Å². The van der Waals surface area contributed by atoms with Crippen LogP contribution in [0.4, 0.5) is 5.95 Å². The summed E-state index contributed by atoms with van der Waals surface area (Å²) in [6.07, 6.45) is 0.376. The zero-order chi connectivity index (χ0) is 16.7. The molecular weight excluding hydrogens is 337 g/mol. The lowest BCUT2D eigenvalue weighted by Crippen LogP contribution is -2.24. The van der Waals surface area contributed by atoms with E-state index in [1.165, 1.54) is 4.52 Å². The number of aromatic amines is 1. The SMILES string of the molecule is CC(C)c1nc2nc(N)[nH]n2c(=O)c1Cc1cc(Cl)cc(Cl)c1. The minimum atomic E-state index is -0.223. The molecule has 6 nitrogen and oxygen atoms in total. The van der Waals surface area contributed by atoms with Gasteiger partial charge in [0.15, 0.2) is 0 Å². The molecule has 8 heteroatoms. The lowest BCUT2D eigenvalue weighted by atomic mass is 9.99. The van der Waals surface area contributed by atoms with E-state index in [2.05, 4.69) is 15.1 Å². The summed E-state index contributed by atoms with van der Waals surface area (Å²) in [5.41, 5.74) is 7.51. The Morgan fingerprint density at radius 3 is 2.48 bits per heavy atom. The summed E-state index contributed by atoms with van der Waals surface area (Å²) < 4.78 is 1.25. The minimum Gasteiger partial charge on any atom is -0.368 e. The average Bonchev–Trinajstić information content (AvgIpc) is 2.81. The number of nitrogen functional groups attached to an aromatic ring is 1. The van der Waals surface area contributed by atoms with Gasteiger partial charge in [0.2, 0.25) is 5.95 Å². The Bertz CT molecular complexity index is 925. The number of nitrogens with one attached hydrogen (secondary N) is 1. The van der Waals surface area contributed by atoms with Crippen LogP contribution in [0.3, 0.4) is 0 Å². The van der Waals surface area contributed by atoms with E-state index in [4.69, 9.17) is 28.9 Å². The third-order valence-electron chi connectivity index (χ3n) is 3.49. The van der Waals surface area contributed by atoms with Crippen LogP contribution in [-0.4, -0.2) is 19.6 Å². The second-order valence-corrected chi connectivity index (χ2v) is 6.51. The Hall–Kier alpha value is -2.05. The van der Waals surface area contributed by atoms with Crippen molar-refractivity contribution in [3.8, 4) is 0 Å². The van der Waals surface area contributed by atoms with Gasteiger partial charge in [-0.3, -0.25) is 9.89 Å². The van der Waals surface area contributed by atoms with Gasteiger partial charge in [-0.05, 0) is 29.7 Å². The molecule has 0 spiro atoms. The number of nitrogens with zero attached hydrogens (tertiary/aromatic N) is 3. The quantitative estimate of drug-likeness (QED) is 0.758. The van der Waals surface area contributed by atoms with Crippen LogP contribution >= 0.6 is 23.2 Å². The molecule has 0 fully saturated rings. The average molecular weight is 352 g/mol. The van der Waals surface area contributed by atoms with Crippen LogP contribution in [0.5, 0.6) is 0 Å². The van der Waals surface area contributed by atoms with Crippen molar-refractivity contribution in [2.45, 2.75) is 26.2 Å². The maximum Gasteiger partial charge on any atom is 0.277 e. The van der Waals surface area contributed by atoms with E-state index < -0.39 is 0 Å². The Labute approximate surface area is 142 Å². The predicted molar refractivity (Wildman–Crippen MR) is 91.4 cm³/mol. The lowest BCUT2D eigenvalue weighted by Gasteiger charge is -2.11. The van der Waals surface area contributed by atoms with Crippen LogP contribution in [0.1, 0.15) is 36.6 Å². The number of hydrogen-bond donors (Lipinski definition) is 2. The van der Waals surface area contributed by atoms with E-state index in [1.807, 2.05) is 13.8 Å². The van der Waals surface area contributed by atoms with Gasteiger partial charge in [-0.2, -0.15) is 9.50 Å². The molecular formula is C15H15Cl2N5O. The summed E-state index contributed by atoms with van der Waals surface area (Å²) in [4.78, 5) is 21.3. The molecule has 3 aromatic rings. The van der Waals surface area contributed by atoms with Crippen molar-refractivity contribution >= 4 is 34.9 Å². The molecule has 0 amide bonds. The number of rotatable bonds is 3. The smallest absolute Gasteiger partial charge is 0.277 e. The first-order valence-electron chi connectivity index (χ1n) is 7.07. The Balaban J connectivity index is 2.20. The van der Waals surface area contributed by atoms with Crippen molar-refractivity contribution in [1.82, 2.24) is 19.6 Å². The molecule has 0 unspecified atom stereocenters. The van der Waals surface area contributed by atoms with Crippen molar-refractivity contribution in [3.63, 3.8) is 0 Å². The number of hydrogen-bond acceptors (Lipinski definition) is 4. The second kappa shape index (κ2) is 5.86. The monoisotopic (exact) mass is 351 g/mol. The number of fused-ring (bicyclic) bond motifs is 1. The highest BCUT2D eigenvalue weighted by Gasteiger charge is 2.18. The molecule has 0 saturated heterocycles. The van der Waals surface area contributed by atoms with Crippen LogP contribution in [0.2, 0.25) is 10.0 Å². The Morgan fingerprint density at radius 1 is 1.22 bits per heavy atom. The topological polar surface area (TPSA) is 89.1 Å². The fourth-order valence-electron chi connectivity index (χ4n) is 2.54. The van der Waals surface area contributed by atoms with E-state index in [9.17, 15) is 4.79 Å². The highest BCUT2D eigenvalue weighted by molar-refractivity contribution is 6.34. The van der Waals surface area contributed by atoms with Crippen LogP contribution in [0, 0.1) is 0 Å². The van der Waals surface area contributed by atoms with Gasteiger partial charge in [0.05, 0.1) is 5.69 Å². The third kappa shape index (κ3) is 3.04. The van der Waals surface area contributed by atoms with Crippen LogP contribution in [0.25, 0.3) is 5.78 Å². The molecule has 0 radical (unpaired) electrons. The van der Waals surface area contributed by atoms with E-state index in [0.29, 0.717) is 27.7 Å². The molecule has 0 aliphatic rings. The van der Waals surface area contributed by atoms with Crippen molar-refractivity contribution in [2.24, 2.45) is 0 Å². The maximum absolute atomic E-state index is 12.8.